The van der Waals surface area contributed by atoms with Gasteiger partial charge in [-0.3, -0.25) is 4.99 Å². The van der Waals surface area contributed by atoms with Crippen LogP contribution < -0.4 is 5.32 Å². The van der Waals surface area contributed by atoms with Gasteiger partial charge in [-0.05, 0) is 5.92 Å². The first kappa shape index (κ1) is 23.3. The second-order valence-corrected chi connectivity index (χ2v) is 9.42. The van der Waals surface area contributed by atoms with Crippen molar-refractivity contribution in [2.75, 3.05) is 57.7 Å². The van der Waals surface area contributed by atoms with Crippen LogP contribution in [0.15, 0.2) is 4.99 Å². The summed E-state index contributed by atoms with van der Waals surface area (Å²) in [5.41, 5.74) is 0. The predicted octanol–water partition coefficient (Wildman–Crippen LogP) is 1.31. The van der Waals surface area contributed by atoms with Crippen molar-refractivity contribution in [3.63, 3.8) is 0 Å². The molecule has 1 atom stereocenters. The predicted molar refractivity (Wildman–Crippen MR) is 110 cm³/mol. The molecule has 0 amide bonds. The molecule has 23 heavy (non-hydrogen) atoms. The summed E-state index contributed by atoms with van der Waals surface area (Å²) in [6.07, 6.45) is 1.22. The van der Waals surface area contributed by atoms with Gasteiger partial charge in [0.15, 0.2) is 5.96 Å². The zero-order valence-electron chi connectivity index (χ0n) is 14.4. The van der Waals surface area contributed by atoms with Gasteiger partial charge in [0.1, 0.15) is 9.84 Å². The third kappa shape index (κ3) is 9.98. The normalized spacial score (nSPS) is 19.6. The van der Waals surface area contributed by atoms with E-state index in [9.17, 15) is 8.42 Å². The van der Waals surface area contributed by atoms with Crippen LogP contribution in [0.25, 0.3) is 0 Å². The maximum absolute atomic E-state index is 11.0. The summed E-state index contributed by atoms with van der Waals surface area (Å²) >= 11 is 2.03. The van der Waals surface area contributed by atoms with Gasteiger partial charge in [-0.25, -0.2) is 8.42 Å². The van der Waals surface area contributed by atoms with E-state index in [1.807, 2.05) is 11.8 Å². The molecule has 1 aliphatic heterocycles. The third-order valence-corrected chi connectivity index (χ3v) is 5.92. The molecule has 0 aromatic rings. The SMILES string of the molecule is CN=C(NCCOCCS(C)(=O)=O)N1CCSC(C(C)C)C1.I. The summed E-state index contributed by atoms with van der Waals surface area (Å²) in [4.78, 5) is 6.62. The number of thioether (sulfide) groups is 1. The molecule has 6 nitrogen and oxygen atoms in total. The number of hydrogen-bond donors (Lipinski definition) is 1. The van der Waals surface area contributed by atoms with Gasteiger partial charge >= 0.3 is 0 Å². The maximum Gasteiger partial charge on any atom is 0.193 e. The van der Waals surface area contributed by atoms with Gasteiger partial charge in [0.2, 0.25) is 0 Å². The molecule has 0 spiro atoms. The maximum atomic E-state index is 11.0. The molecule has 0 aliphatic carbocycles. The van der Waals surface area contributed by atoms with Crippen LogP contribution in [0.3, 0.4) is 0 Å². The number of sulfone groups is 1. The second-order valence-electron chi connectivity index (χ2n) is 5.82. The van der Waals surface area contributed by atoms with Crippen LogP contribution in [0, 0.1) is 5.92 Å². The van der Waals surface area contributed by atoms with Crippen molar-refractivity contribution in [1.82, 2.24) is 10.2 Å². The van der Waals surface area contributed by atoms with Gasteiger partial charge in [-0.2, -0.15) is 11.8 Å². The van der Waals surface area contributed by atoms with Crippen LogP contribution in [-0.4, -0.2) is 82.2 Å². The van der Waals surface area contributed by atoms with E-state index < -0.39 is 9.84 Å². The van der Waals surface area contributed by atoms with E-state index in [1.54, 1.807) is 7.05 Å². The fourth-order valence-corrected chi connectivity index (χ4v) is 3.87. The number of halogens is 1. The van der Waals surface area contributed by atoms with Crippen LogP contribution >= 0.6 is 35.7 Å². The van der Waals surface area contributed by atoms with Crippen LogP contribution in [0.1, 0.15) is 13.8 Å². The molecule has 0 aromatic carbocycles. The molecule has 1 aliphatic rings. The fourth-order valence-electron chi connectivity index (χ4n) is 2.15. The molecule has 138 valence electrons. The molecule has 0 aromatic heterocycles. The monoisotopic (exact) mass is 479 g/mol. The molecule has 0 saturated carbocycles. The number of ether oxygens (including phenoxy) is 1. The Balaban J connectivity index is 0.00000484. The van der Waals surface area contributed by atoms with Crippen molar-refractivity contribution in [3.8, 4) is 0 Å². The average Bonchev–Trinajstić information content (AvgIpc) is 2.45. The van der Waals surface area contributed by atoms with Crippen molar-refractivity contribution < 1.29 is 13.2 Å². The lowest BCUT2D eigenvalue weighted by Gasteiger charge is -2.36. The van der Waals surface area contributed by atoms with E-state index in [4.69, 9.17) is 4.74 Å². The van der Waals surface area contributed by atoms with E-state index in [2.05, 4.69) is 29.1 Å². The van der Waals surface area contributed by atoms with Gasteiger partial charge in [0.25, 0.3) is 0 Å². The smallest absolute Gasteiger partial charge is 0.193 e. The Morgan fingerprint density at radius 2 is 2.13 bits per heavy atom. The highest BCUT2D eigenvalue weighted by molar-refractivity contribution is 14.0. The van der Waals surface area contributed by atoms with Crippen molar-refractivity contribution in [2.24, 2.45) is 10.9 Å². The molecule has 0 radical (unpaired) electrons. The standard InChI is InChI=1S/C14H29N3O3S2.HI/c1-12(2)13-11-17(6-9-21-13)14(15-3)16-5-7-20-8-10-22(4,18)19;/h12-13H,5-11H2,1-4H3,(H,15,16);1H. The molecular formula is C14H30IN3O3S2. The minimum atomic E-state index is -2.94. The third-order valence-electron chi connectivity index (χ3n) is 3.48. The highest BCUT2D eigenvalue weighted by atomic mass is 127. The van der Waals surface area contributed by atoms with Crippen molar-refractivity contribution in [2.45, 2.75) is 19.1 Å². The molecule has 0 bridgehead atoms. The number of aliphatic imine (C=N–C) groups is 1. The van der Waals surface area contributed by atoms with Crippen LogP contribution in [-0.2, 0) is 14.6 Å². The molecule has 9 heteroatoms. The lowest BCUT2D eigenvalue weighted by molar-refractivity contribution is 0.153. The minimum Gasteiger partial charge on any atom is -0.379 e. The quantitative estimate of drug-likeness (QED) is 0.257. The zero-order valence-corrected chi connectivity index (χ0v) is 18.4. The van der Waals surface area contributed by atoms with Gasteiger partial charge < -0.3 is 15.0 Å². The molecule has 1 rings (SSSR count). The molecular weight excluding hydrogens is 449 g/mol. The number of guanidine groups is 1. The topological polar surface area (TPSA) is 71.0 Å². The lowest BCUT2D eigenvalue weighted by Crippen LogP contribution is -2.49. The zero-order chi connectivity index (χ0) is 16.6. The summed E-state index contributed by atoms with van der Waals surface area (Å²) in [5.74, 6) is 2.75. The molecule has 1 saturated heterocycles. The van der Waals surface area contributed by atoms with E-state index in [-0.39, 0.29) is 36.3 Å². The Hall–Kier alpha value is 0.260. The van der Waals surface area contributed by atoms with Crippen molar-refractivity contribution in [3.05, 3.63) is 0 Å². The van der Waals surface area contributed by atoms with Crippen molar-refractivity contribution >= 4 is 51.5 Å². The summed E-state index contributed by atoms with van der Waals surface area (Å²) in [7, 11) is -1.15. The molecule has 1 N–H and O–H groups in total. The summed E-state index contributed by atoms with van der Waals surface area (Å²) < 4.78 is 27.3. The van der Waals surface area contributed by atoms with Crippen molar-refractivity contribution in [1.29, 1.82) is 0 Å². The number of rotatable bonds is 7. The molecule has 1 fully saturated rings. The fraction of sp³-hybridized carbons (Fsp3) is 0.929. The van der Waals surface area contributed by atoms with E-state index in [1.165, 1.54) is 6.26 Å². The number of hydrogen-bond acceptors (Lipinski definition) is 5. The summed E-state index contributed by atoms with van der Waals surface area (Å²) in [5, 5.41) is 3.93. The Morgan fingerprint density at radius 1 is 1.43 bits per heavy atom. The first-order valence-electron chi connectivity index (χ1n) is 7.66. The van der Waals surface area contributed by atoms with Gasteiger partial charge in [-0.1, -0.05) is 13.8 Å². The largest absolute Gasteiger partial charge is 0.379 e. The Labute approximate surface area is 162 Å². The number of nitrogens with zero attached hydrogens (tertiary/aromatic N) is 2. The Morgan fingerprint density at radius 3 is 2.70 bits per heavy atom. The second kappa shape index (κ2) is 11.8. The highest BCUT2D eigenvalue weighted by Crippen LogP contribution is 2.24. The molecule has 1 unspecified atom stereocenters. The Bertz CT molecular complexity index is 458. The van der Waals surface area contributed by atoms with Gasteiger partial charge in [0.05, 0.1) is 19.0 Å². The highest BCUT2D eigenvalue weighted by Gasteiger charge is 2.24. The van der Waals surface area contributed by atoms with Crippen LogP contribution in [0.4, 0.5) is 0 Å². The first-order valence-corrected chi connectivity index (χ1v) is 10.8. The summed E-state index contributed by atoms with van der Waals surface area (Å²) in [6, 6.07) is 0. The average molecular weight is 479 g/mol. The van der Waals surface area contributed by atoms with Crippen LogP contribution in [0.2, 0.25) is 0 Å². The molecule has 1 heterocycles. The van der Waals surface area contributed by atoms with Crippen LogP contribution in [0.5, 0.6) is 0 Å². The number of nitrogens with one attached hydrogen (secondary N) is 1. The van der Waals surface area contributed by atoms with Gasteiger partial charge in [0, 0.05) is 43.9 Å². The summed E-state index contributed by atoms with van der Waals surface area (Å²) in [6.45, 7) is 7.88. The van der Waals surface area contributed by atoms with Gasteiger partial charge in [-0.15, -0.1) is 24.0 Å². The minimum absolute atomic E-state index is 0. The lowest BCUT2D eigenvalue weighted by atomic mass is 10.1. The Kier molecular flexibility index (Phi) is 11.9. The van der Waals surface area contributed by atoms with E-state index in [0.717, 1.165) is 24.8 Å². The van der Waals surface area contributed by atoms with E-state index in [0.29, 0.717) is 24.3 Å². The van der Waals surface area contributed by atoms with E-state index >= 15 is 0 Å². The first-order chi connectivity index (χ1) is 10.3.